The molecule has 2 aliphatic rings. The zero-order valence-corrected chi connectivity index (χ0v) is 6.99. The van der Waals surface area contributed by atoms with Gasteiger partial charge in [-0.25, -0.2) is 0 Å². The van der Waals surface area contributed by atoms with Crippen molar-refractivity contribution >= 4 is 0 Å². The summed E-state index contributed by atoms with van der Waals surface area (Å²) in [6.07, 6.45) is 4.78. The molecule has 1 aliphatic carbocycles. The van der Waals surface area contributed by atoms with Gasteiger partial charge in [-0.05, 0) is 30.4 Å². The van der Waals surface area contributed by atoms with Gasteiger partial charge in [0.2, 0.25) is 0 Å². The monoisotopic (exact) mass is 160 g/mol. The van der Waals surface area contributed by atoms with E-state index in [-0.39, 0.29) is 0 Å². The third-order valence-corrected chi connectivity index (χ3v) is 2.88. The molecule has 62 valence electrons. The minimum atomic E-state index is 0.448. The van der Waals surface area contributed by atoms with Crippen LogP contribution in [0.15, 0.2) is 24.3 Å². The summed E-state index contributed by atoms with van der Waals surface area (Å²) in [5.41, 5.74) is 2.95. The Morgan fingerprint density at radius 1 is 1.25 bits per heavy atom. The number of fused-ring (bicyclic) bond motifs is 3. The fourth-order valence-electron chi connectivity index (χ4n) is 2.17. The van der Waals surface area contributed by atoms with Gasteiger partial charge in [-0.15, -0.1) is 0 Å². The highest BCUT2D eigenvalue weighted by molar-refractivity contribution is 5.33. The van der Waals surface area contributed by atoms with Gasteiger partial charge in [0.15, 0.2) is 0 Å². The Morgan fingerprint density at radius 2 is 2.17 bits per heavy atom. The van der Waals surface area contributed by atoms with Gasteiger partial charge in [-0.1, -0.05) is 24.3 Å². The zero-order valence-electron chi connectivity index (χ0n) is 6.99. The molecule has 1 aromatic carbocycles. The highest BCUT2D eigenvalue weighted by Crippen LogP contribution is 2.45. The molecular formula is C11H12O. The van der Waals surface area contributed by atoms with Gasteiger partial charge in [0.05, 0.1) is 6.10 Å². The summed E-state index contributed by atoms with van der Waals surface area (Å²) < 4.78 is 5.58. The SMILES string of the molecule is c1ccc2c(c1)CCCC1OC21. The summed E-state index contributed by atoms with van der Waals surface area (Å²) in [5.74, 6) is 0. The maximum atomic E-state index is 5.58. The Labute approximate surface area is 72.4 Å². The van der Waals surface area contributed by atoms with Crippen LogP contribution in [0.4, 0.5) is 0 Å². The predicted octanol–water partition coefficient (Wildman–Crippen LogP) is 2.46. The molecule has 3 rings (SSSR count). The van der Waals surface area contributed by atoms with Crippen LogP contribution >= 0.6 is 0 Å². The molecule has 0 bridgehead atoms. The molecule has 0 N–H and O–H groups in total. The number of aryl methyl sites for hydroxylation is 1. The van der Waals surface area contributed by atoms with E-state index in [1.165, 1.54) is 30.4 Å². The standard InChI is InChI=1S/C11H12O/c1-2-6-9-8(4-1)5-3-7-10-11(9)12-10/h1-2,4,6,10-11H,3,5,7H2. The summed E-state index contributed by atoms with van der Waals surface area (Å²) in [6.45, 7) is 0. The first-order valence-corrected chi connectivity index (χ1v) is 4.68. The second-order valence-electron chi connectivity index (χ2n) is 3.69. The van der Waals surface area contributed by atoms with Gasteiger partial charge in [-0.3, -0.25) is 0 Å². The molecule has 0 aromatic heterocycles. The van der Waals surface area contributed by atoms with Crippen molar-refractivity contribution in [3.8, 4) is 0 Å². The predicted molar refractivity (Wildman–Crippen MR) is 47.0 cm³/mol. The molecule has 1 nitrogen and oxygen atoms in total. The number of rotatable bonds is 0. The van der Waals surface area contributed by atoms with Crippen molar-refractivity contribution in [1.82, 2.24) is 0 Å². The first kappa shape index (κ1) is 6.67. The van der Waals surface area contributed by atoms with E-state index in [1.54, 1.807) is 0 Å². The van der Waals surface area contributed by atoms with Crippen molar-refractivity contribution in [1.29, 1.82) is 0 Å². The normalized spacial score (nSPS) is 31.7. The van der Waals surface area contributed by atoms with Crippen LogP contribution in [0.2, 0.25) is 0 Å². The molecule has 1 aromatic rings. The Bertz CT molecular complexity index is 306. The third-order valence-electron chi connectivity index (χ3n) is 2.88. The van der Waals surface area contributed by atoms with E-state index < -0.39 is 0 Å². The maximum absolute atomic E-state index is 5.58. The van der Waals surface area contributed by atoms with Gasteiger partial charge >= 0.3 is 0 Å². The molecule has 0 radical (unpaired) electrons. The Kier molecular flexibility index (Phi) is 1.30. The van der Waals surface area contributed by atoms with Crippen LogP contribution in [0.3, 0.4) is 0 Å². The van der Waals surface area contributed by atoms with Crippen molar-refractivity contribution in [3.05, 3.63) is 35.4 Å². The van der Waals surface area contributed by atoms with Gasteiger partial charge < -0.3 is 4.74 Å². The van der Waals surface area contributed by atoms with Crippen LogP contribution in [0.1, 0.15) is 30.1 Å². The van der Waals surface area contributed by atoms with Crippen LogP contribution in [-0.2, 0) is 11.2 Å². The minimum absolute atomic E-state index is 0.448. The van der Waals surface area contributed by atoms with E-state index in [0.717, 1.165) is 0 Å². The molecule has 0 amide bonds. The van der Waals surface area contributed by atoms with Crippen LogP contribution in [0, 0.1) is 0 Å². The largest absolute Gasteiger partial charge is 0.364 e. The van der Waals surface area contributed by atoms with Crippen molar-refractivity contribution in [2.75, 3.05) is 0 Å². The quantitative estimate of drug-likeness (QED) is 0.531. The van der Waals surface area contributed by atoms with Crippen LogP contribution in [-0.4, -0.2) is 6.10 Å². The van der Waals surface area contributed by atoms with Crippen LogP contribution in [0.25, 0.3) is 0 Å². The minimum Gasteiger partial charge on any atom is -0.364 e. The lowest BCUT2D eigenvalue weighted by atomic mass is 10.0. The molecule has 2 unspecified atom stereocenters. The highest BCUT2D eigenvalue weighted by atomic mass is 16.6. The molecule has 1 aliphatic heterocycles. The van der Waals surface area contributed by atoms with Gasteiger partial charge in [-0.2, -0.15) is 0 Å². The van der Waals surface area contributed by atoms with E-state index in [0.29, 0.717) is 12.2 Å². The Balaban J connectivity index is 2.08. The van der Waals surface area contributed by atoms with Crippen molar-refractivity contribution in [2.45, 2.75) is 31.5 Å². The first-order chi connectivity index (χ1) is 5.95. The summed E-state index contributed by atoms with van der Waals surface area (Å²) >= 11 is 0. The molecule has 1 saturated heterocycles. The van der Waals surface area contributed by atoms with E-state index in [4.69, 9.17) is 4.74 Å². The average molecular weight is 160 g/mol. The average Bonchev–Trinajstić information content (AvgIpc) is 2.82. The van der Waals surface area contributed by atoms with E-state index in [9.17, 15) is 0 Å². The summed E-state index contributed by atoms with van der Waals surface area (Å²) in [7, 11) is 0. The highest BCUT2D eigenvalue weighted by Gasteiger charge is 2.41. The van der Waals surface area contributed by atoms with Gasteiger partial charge in [0, 0.05) is 0 Å². The van der Waals surface area contributed by atoms with Crippen molar-refractivity contribution in [2.24, 2.45) is 0 Å². The molecule has 0 spiro atoms. The molecular weight excluding hydrogens is 148 g/mol. The lowest BCUT2D eigenvalue weighted by Crippen LogP contribution is -1.89. The first-order valence-electron chi connectivity index (χ1n) is 4.68. The number of ether oxygens (including phenoxy) is 1. The topological polar surface area (TPSA) is 12.5 Å². The number of epoxide rings is 1. The fourth-order valence-corrected chi connectivity index (χ4v) is 2.17. The molecule has 2 atom stereocenters. The number of hydrogen-bond donors (Lipinski definition) is 0. The lowest BCUT2D eigenvalue weighted by Gasteiger charge is -2.03. The van der Waals surface area contributed by atoms with Crippen LogP contribution < -0.4 is 0 Å². The second-order valence-corrected chi connectivity index (χ2v) is 3.69. The summed E-state index contributed by atoms with van der Waals surface area (Å²) in [6, 6.07) is 8.69. The lowest BCUT2D eigenvalue weighted by molar-refractivity contribution is 0.357. The molecule has 1 heterocycles. The van der Waals surface area contributed by atoms with Gasteiger partial charge in [0.1, 0.15) is 6.10 Å². The Hall–Kier alpha value is -0.820. The van der Waals surface area contributed by atoms with Gasteiger partial charge in [0.25, 0.3) is 0 Å². The maximum Gasteiger partial charge on any atom is 0.109 e. The Morgan fingerprint density at radius 3 is 3.17 bits per heavy atom. The van der Waals surface area contributed by atoms with E-state index in [1.807, 2.05) is 0 Å². The van der Waals surface area contributed by atoms with E-state index >= 15 is 0 Å². The van der Waals surface area contributed by atoms with E-state index in [2.05, 4.69) is 24.3 Å². The summed E-state index contributed by atoms with van der Waals surface area (Å²) in [4.78, 5) is 0. The zero-order chi connectivity index (χ0) is 7.97. The number of hydrogen-bond acceptors (Lipinski definition) is 1. The fraction of sp³-hybridized carbons (Fsp3) is 0.455. The van der Waals surface area contributed by atoms with Crippen molar-refractivity contribution in [3.63, 3.8) is 0 Å². The smallest absolute Gasteiger partial charge is 0.109 e. The second kappa shape index (κ2) is 2.33. The molecule has 0 saturated carbocycles. The third kappa shape index (κ3) is 0.896. The van der Waals surface area contributed by atoms with Crippen LogP contribution in [0.5, 0.6) is 0 Å². The molecule has 1 fully saturated rings. The van der Waals surface area contributed by atoms with Crippen molar-refractivity contribution < 1.29 is 4.74 Å². The summed E-state index contributed by atoms with van der Waals surface area (Å²) in [5, 5.41) is 0. The molecule has 1 heteroatoms. The molecule has 12 heavy (non-hydrogen) atoms. The number of benzene rings is 1.